The molecule has 0 aliphatic carbocycles. The number of methoxy groups -OCH3 is 1. The SMILES string of the molecule is COc1ccc(C(=O)COC(=O)c2nn(-c3ccccc3)c(=O)c3ccccc23)cc1. The highest BCUT2D eigenvalue weighted by molar-refractivity contribution is 6.04. The van der Waals surface area contributed by atoms with E-state index in [2.05, 4.69) is 5.10 Å². The average Bonchev–Trinajstić information content (AvgIpc) is 2.83. The number of nitrogens with zero attached hydrogens (tertiary/aromatic N) is 2. The van der Waals surface area contributed by atoms with E-state index in [9.17, 15) is 14.4 Å². The van der Waals surface area contributed by atoms with E-state index in [1.807, 2.05) is 6.07 Å². The standard InChI is InChI=1S/C24H18N2O5/c1-30-18-13-11-16(12-14-18)21(27)15-31-24(29)22-19-9-5-6-10-20(19)23(28)26(25-22)17-7-3-2-4-8-17/h2-14H,15H2,1H3. The summed E-state index contributed by atoms with van der Waals surface area (Å²) in [6.07, 6.45) is 0. The van der Waals surface area contributed by atoms with E-state index in [0.717, 1.165) is 4.68 Å². The van der Waals surface area contributed by atoms with Crippen LogP contribution in [0.4, 0.5) is 0 Å². The molecule has 4 aromatic rings. The molecule has 0 atom stereocenters. The van der Waals surface area contributed by atoms with Gasteiger partial charge in [-0.2, -0.15) is 9.78 Å². The predicted octanol–water partition coefficient (Wildman–Crippen LogP) is 3.43. The van der Waals surface area contributed by atoms with Crippen molar-refractivity contribution in [3.63, 3.8) is 0 Å². The van der Waals surface area contributed by atoms with Gasteiger partial charge in [0.15, 0.2) is 18.1 Å². The second-order valence-corrected chi connectivity index (χ2v) is 6.67. The Balaban J connectivity index is 1.65. The normalized spacial score (nSPS) is 10.6. The molecule has 7 heteroatoms. The summed E-state index contributed by atoms with van der Waals surface area (Å²) < 4.78 is 11.5. The van der Waals surface area contributed by atoms with Gasteiger partial charge in [0.25, 0.3) is 5.56 Å². The van der Waals surface area contributed by atoms with Crippen LogP contribution in [0, 0.1) is 0 Å². The zero-order valence-electron chi connectivity index (χ0n) is 16.6. The van der Waals surface area contributed by atoms with Crippen molar-refractivity contribution in [3.8, 4) is 11.4 Å². The third kappa shape index (κ3) is 4.06. The summed E-state index contributed by atoms with van der Waals surface area (Å²) in [6.45, 7) is -0.453. The Bertz CT molecular complexity index is 1310. The zero-order chi connectivity index (χ0) is 21.8. The number of fused-ring (bicyclic) bond motifs is 1. The first-order chi connectivity index (χ1) is 15.1. The van der Waals surface area contributed by atoms with Crippen LogP contribution < -0.4 is 10.3 Å². The zero-order valence-corrected chi connectivity index (χ0v) is 16.6. The summed E-state index contributed by atoms with van der Waals surface area (Å²) in [6, 6.07) is 21.9. The topological polar surface area (TPSA) is 87.5 Å². The molecule has 0 bridgehead atoms. The number of carbonyl (C=O) groups excluding carboxylic acids is 2. The second-order valence-electron chi connectivity index (χ2n) is 6.67. The summed E-state index contributed by atoms with van der Waals surface area (Å²) in [5.74, 6) is -0.535. The number of carbonyl (C=O) groups is 2. The fraction of sp³-hybridized carbons (Fsp3) is 0.0833. The summed E-state index contributed by atoms with van der Waals surface area (Å²) in [5.41, 5.74) is 0.511. The van der Waals surface area contributed by atoms with Crippen molar-refractivity contribution in [1.29, 1.82) is 0 Å². The lowest BCUT2D eigenvalue weighted by atomic mass is 10.1. The summed E-state index contributed by atoms with van der Waals surface area (Å²) in [5, 5.41) is 4.94. The Morgan fingerprint density at radius 3 is 2.19 bits per heavy atom. The number of esters is 1. The molecule has 0 N–H and O–H groups in total. The third-order valence-corrected chi connectivity index (χ3v) is 4.75. The van der Waals surface area contributed by atoms with Crippen molar-refractivity contribution in [2.45, 2.75) is 0 Å². The van der Waals surface area contributed by atoms with E-state index in [1.165, 1.54) is 7.11 Å². The van der Waals surface area contributed by atoms with Crippen molar-refractivity contribution >= 4 is 22.5 Å². The second kappa shape index (κ2) is 8.62. The van der Waals surface area contributed by atoms with Crippen LogP contribution in [0.5, 0.6) is 5.75 Å². The molecule has 154 valence electrons. The molecule has 0 fully saturated rings. The van der Waals surface area contributed by atoms with E-state index >= 15 is 0 Å². The van der Waals surface area contributed by atoms with Crippen LogP contribution in [0.3, 0.4) is 0 Å². The summed E-state index contributed by atoms with van der Waals surface area (Å²) in [4.78, 5) is 38.1. The fourth-order valence-electron chi connectivity index (χ4n) is 3.14. The largest absolute Gasteiger partial charge is 0.497 e. The van der Waals surface area contributed by atoms with Crippen LogP contribution in [0.25, 0.3) is 16.5 Å². The number of aromatic nitrogens is 2. The average molecular weight is 414 g/mol. The highest BCUT2D eigenvalue weighted by atomic mass is 16.5. The lowest BCUT2D eigenvalue weighted by Crippen LogP contribution is -2.25. The predicted molar refractivity (Wildman–Crippen MR) is 115 cm³/mol. The molecule has 1 aromatic heterocycles. The quantitative estimate of drug-likeness (QED) is 0.355. The van der Waals surface area contributed by atoms with Gasteiger partial charge in [-0.3, -0.25) is 9.59 Å². The Morgan fingerprint density at radius 2 is 1.52 bits per heavy atom. The summed E-state index contributed by atoms with van der Waals surface area (Å²) in [7, 11) is 1.53. The van der Waals surface area contributed by atoms with Gasteiger partial charge in [-0.1, -0.05) is 36.4 Å². The van der Waals surface area contributed by atoms with Crippen LogP contribution in [0.1, 0.15) is 20.8 Å². The molecule has 0 saturated heterocycles. The van der Waals surface area contributed by atoms with Crippen LogP contribution in [0.2, 0.25) is 0 Å². The molecule has 0 unspecified atom stereocenters. The minimum absolute atomic E-state index is 0.0402. The minimum atomic E-state index is -0.789. The monoisotopic (exact) mass is 414 g/mol. The van der Waals surface area contributed by atoms with Gasteiger partial charge < -0.3 is 9.47 Å². The highest BCUT2D eigenvalue weighted by Crippen LogP contribution is 2.17. The molecule has 0 radical (unpaired) electrons. The smallest absolute Gasteiger partial charge is 0.359 e. The molecule has 0 aliphatic heterocycles. The van der Waals surface area contributed by atoms with Crippen molar-refractivity contribution < 1.29 is 19.1 Å². The first-order valence-electron chi connectivity index (χ1n) is 9.50. The van der Waals surface area contributed by atoms with Crippen molar-refractivity contribution in [1.82, 2.24) is 9.78 Å². The summed E-state index contributed by atoms with van der Waals surface area (Å²) >= 11 is 0. The van der Waals surface area contributed by atoms with Gasteiger partial charge in [0.2, 0.25) is 0 Å². The number of rotatable bonds is 6. The van der Waals surface area contributed by atoms with Crippen LogP contribution in [-0.4, -0.2) is 35.2 Å². The van der Waals surface area contributed by atoms with Crippen LogP contribution in [-0.2, 0) is 4.74 Å². The maximum atomic E-state index is 12.9. The maximum absolute atomic E-state index is 12.9. The Kier molecular flexibility index (Phi) is 5.57. The van der Waals surface area contributed by atoms with Crippen molar-refractivity contribution in [2.24, 2.45) is 0 Å². The Morgan fingerprint density at radius 1 is 0.871 bits per heavy atom. The lowest BCUT2D eigenvalue weighted by molar-refractivity contribution is 0.0469. The lowest BCUT2D eigenvalue weighted by Gasteiger charge is -2.11. The van der Waals surface area contributed by atoms with E-state index in [1.54, 1.807) is 72.8 Å². The molecule has 7 nitrogen and oxygen atoms in total. The van der Waals surface area contributed by atoms with Crippen LogP contribution in [0.15, 0.2) is 83.7 Å². The molecule has 0 amide bonds. The van der Waals surface area contributed by atoms with Gasteiger partial charge in [0.05, 0.1) is 18.2 Å². The maximum Gasteiger partial charge on any atom is 0.359 e. The highest BCUT2D eigenvalue weighted by Gasteiger charge is 2.20. The number of ether oxygens (including phenoxy) is 2. The number of para-hydroxylation sites is 1. The van der Waals surface area contributed by atoms with E-state index in [4.69, 9.17) is 9.47 Å². The van der Waals surface area contributed by atoms with Gasteiger partial charge in [-0.15, -0.1) is 0 Å². The Labute approximate surface area is 177 Å². The van der Waals surface area contributed by atoms with Gasteiger partial charge in [-0.25, -0.2) is 4.79 Å². The molecular weight excluding hydrogens is 396 g/mol. The Hall–Kier alpha value is -4.26. The number of ketones is 1. The molecule has 0 saturated carbocycles. The first kappa shape index (κ1) is 20.0. The molecule has 3 aromatic carbocycles. The molecule has 31 heavy (non-hydrogen) atoms. The van der Waals surface area contributed by atoms with Crippen molar-refractivity contribution in [2.75, 3.05) is 13.7 Å². The minimum Gasteiger partial charge on any atom is -0.497 e. The number of hydrogen-bond acceptors (Lipinski definition) is 6. The van der Waals surface area contributed by atoms with E-state index in [0.29, 0.717) is 27.8 Å². The molecule has 1 heterocycles. The molecular formula is C24H18N2O5. The number of benzene rings is 3. The fourth-order valence-corrected chi connectivity index (χ4v) is 3.14. The van der Waals surface area contributed by atoms with Gasteiger partial charge in [0, 0.05) is 10.9 Å². The van der Waals surface area contributed by atoms with Crippen LogP contribution >= 0.6 is 0 Å². The van der Waals surface area contributed by atoms with E-state index in [-0.39, 0.29) is 17.0 Å². The number of Topliss-reactive ketones (excluding diaryl/α,β-unsaturated/α-hetero) is 1. The van der Waals surface area contributed by atoms with Gasteiger partial charge in [-0.05, 0) is 42.5 Å². The van der Waals surface area contributed by atoms with Gasteiger partial charge >= 0.3 is 5.97 Å². The van der Waals surface area contributed by atoms with E-state index < -0.39 is 12.6 Å². The molecule has 4 rings (SSSR count). The van der Waals surface area contributed by atoms with Crippen molar-refractivity contribution in [3.05, 3.63) is 100 Å². The van der Waals surface area contributed by atoms with Gasteiger partial charge in [0.1, 0.15) is 5.75 Å². The first-order valence-corrected chi connectivity index (χ1v) is 9.50. The molecule has 0 spiro atoms. The third-order valence-electron chi connectivity index (χ3n) is 4.75. The molecule has 0 aliphatic rings. The number of hydrogen-bond donors (Lipinski definition) is 0.